The van der Waals surface area contributed by atoms with Crippen molar-refractivity contribution in [3.63, 3.8) is 0 Å². The van der Waals surface area contributed by atoms with E-state index >= 15 is 0 Å². The van der Waals surface area contributed by atoms with Gasteiger partial charge < -0.3 is 14.6 Å². The van der Waals surface area contributed by atoms with Crippen LogP contribution in [-0.2, 0) is 21.2 Å². The topological polar surface area (TPSA) is 110 Å². The first-order valence-electron chi connectivity index (χ1n) is 8.38. The number of carbonyl (C=O) groups is 2. The maximum Gasteiger partial charge on any atom is 0.342 e. The summed E-state index contributed by atoms with van der Waals surface area (Å²) in [5.41, 5.74) is 1.54. The van der Waals surface area contributed by atoms with Gasteiger partial charge in [0.1, 0.15) is 17.1 Å². The number of esters is 1. The SMILES string of the molecule is COc1ccc(C(=O)OCC(=O)c2ccc3c(c2)CCN3S(C)(=O)=O)c(O)c1. The maximum absolute atomic E-state index is 12.4. The number of rotatable bonds is 6. The Bertz CT molecular complexity index is 1050. The van der Waals surface area contributed by atoms with E-state index in [0.29, 0.717) is 30.0 Å². The molecule has 0 aromatic heterocycles. The number of nitrogens with zero attached hydrogens (tertiary/aromatic N) is 1. The first kappa shape index (κ1) is 19.7. The van der Waals surface area contributed by atoms with Gasteiger partial charge in [-0.2, -0.15) is 0 Å². The highest BCUT2D eigenvalue weighted by Crippen LogP contribution is 2.31. The van der Waals surface area contributed by atoms with E-state index in [1.165, 1.54) is 35.7 Å². The van der Waals surface area contributed by atoms with Gasteiger partial charge in [0.2, 0.25) is 10.0 Å². The number of benzene rings is 2. The quantitative estimate of drug-likeness (QED) is 0.576. The molecule has 28 heavy (non-hydrogen) atoms. The van der Waals surface area contributed by atoms with Gasteiger partial charge in [-0.05, 0) is 42.3 Å². The largest absolute Gasteiger partial charge is 0.507 e. The Morgan fingerprint density at radius 1 is 1.18 bits per heavy atom. The Balaban J connectivity index is 1.68. The molecule has 0 unspecified atom stereocenters. The molecule has 0 atom stereocenters. The lowest BCUT2D eigenvalue weighted by atomic mass is 10.1. The molecule has 0 radical (unpaired) electrons. The minimum atomic E-state index is -3.36. The van der Waals surface area contributed by atoms with Crippen LogP contribution >= 0.6 is 0 Å². The highest BCUT2D eigenvalue weighted by atomic mass is 32.2. The molecule has 0 fully saturated rings. The van der Waals surface area contributed by atoms with Gasteiger partial charge in [0.15, 0.2) is 12.4 Å². The number of methoxy groups -OCH3 is 1. The van der Waals surface area contributed by atoms with Gasteiger partial charge in [-0.25, -0.2) is 13.2 Å². The number of anilines is 1. The average molecular weight is 405 g/mol. The van der Waals surface area contributed by atoms with E-state index < -0.39 is 28.4 Å². The van der Waals surface area contributed by atoms with Gasteiger partial charge in [-0.3, -0.25) is 9.10 Å². The number of ether oxygens (including phenoxy) is 2. The average Bonchev–Trinajstić information content (AvgIpc) is 3.09. The second-order valence-electron chi connectivity index (χ2n) is 6.31. The van der Waals surface area contributed by atoms with Crippen LogP contribution in [0.2, 0.25) is 0 Å². The fourth-order valence-corrected chi connectivity index (χ4v) is 3.95. The van der Waals surface area contributed by atoms with Gasteiger partial charge in [0.25, 0.3) is 0 Å². The molecule has 0 aliphatic carbocycles. The molecule has 2 aromatic rings. The summed E-state index contributed by atoms with van der Waals surface area (Å²) >= 11 is 0. The molecule has 1 aliphatic heterocycles. The normalized spacial score (nSPS) is 13.1. The predicted molar refractivity (Wildman–Crippen MR) is 102 cm³/mol. The summed E-state index contributed by atoms with van der Waals surface area (Å²) in [4.78, 5) is 24.4. The number of hydrogen-bond acceptors (Lipinski definition) is 7. The summed E-state index contributed by atoms with van der Waals surface area (Å²) < 4.78 is 34.8. The molecule has 3 rings (SSSR count). The summed E-state index contributed by atoms with van der Waals surface area (Å²) in [5, 5.41) is 9.85. The highest BCUT2D eigenvalue weighted by Gasteiger charge is 2.27. The molecule has 0 amide bonds. The zero-order valence-corrected chi connectivity index (χ0v) is 16.2. The Kier molecular flexibility index (Phi) is 5.28. The van der Waals surface area contributed by atoms with Gasteiger partial charge in [0.05, 0.1) is 19.1 Å². The molecule has 9 heteroatoms. The minimum Gasteiger partial charge on any atom is -0.507 e. The fourth-order valence-electron chi connectivity index (χ4n) is 2.99. The number of Topliss-reactive ketones (excluding diaryl/α,β-unsaturated/α-hetero) is 1. The van der Waals surface area contributed by atoms with Crippen LogP contribution in [0.15, 0.2) is 36.4 Å². The van der Waals surface area contributed by atoms with Gasteiger partial charge >= 0.3 is 5.97 Å². The number of ketones is 1. The van der Waals surface area contributed by atoms with Crippen molar-refractivity contribution in [2.75, 3.05) is 30.8 Å². The van der Waals surface area contributed by atoms with Crippen LogP contribution < -0.4 is 9.04 Å². The van der Waals surface area contributed by atoms with E-state index in [2.05, 4.69) is 0 Å². The van der Waals surface area contributed by atoms with E-state index in [1.807, 2.05) is 0 Å². The van der Waals surface area contributed by atoms with Crippen molar-refractivity contribution in [2.24, 2.45) is 0 Å². The molecule has 0 saturated heterocycles. The summed E-state index contributed by atoms with van der Waals surface area (Å²) in [6, 6.07) is 8.80. The Labute approximate surface area is 162 Å². The monoisotopic (exact) mass is 405 g/mol. The number of aromatic hydroxyl groups is 1. The van der Waals surface area contributed by atoms with Gasteiger partial charge in [0, 0.05) is 18.2 Å². The Morgan fingerprint density at radius 3 is 2.57 bits per heavy atom. The molecular formula is C19H19NO7S. The molecule has 1 aliphatic rings. The maximum atomic E-state index is 12.4. The first-order valence-corrected chi connectivity index (χ1v) is 10.2. The third-order valence-corrected chi connectivity index (χ3v) is 5.59. The van der Waals surface area contributed by atoms with Crippen molar-refractivity contribution in [3.05, 3.63) is 53.1 Å². The fraction of sp³-hybridized carbons (Fsp3) is 0.263. The molecular weight excluding hydrogens is 386 g/mol. The lowest BCUT2D eigenvalue weighted by Gasteiger charge is -2.16. The summed E-state index contributed by atoms with van der Waals surface area (Å²) in [7, 11) is -1.94. The van der Waals surface area contributed by atoms with Crippen LogP contribution in [0.3, 0.4) is 0 Å². The van der Waals surface area contributed by atoms with Gasteiger partial charge in [-0.15, -0.1) is 0 Å². The molecule has 0 bridgehead atoms. The van der Waals surface area contributed by atoms with E-state index in [4.69, 9.17) is 9.47 Å². The summed E-state index contributed by atoms with van der Waals surface area (Å²) in [5.74, 6) is -1.19. The number of carbonyl (C=O) groups excluding carboxylic acids is 2. The van der Waals surface area contributed by atoms with Crippen molar-refractivity contribution >= 4 is 27.5 Å². The number of fused-ring (bicyclic) bond motifs is 1. The first-order chi connectivity index (χ1) is 13.2. The molecule has 0 spiro atoms. The van der Waals surface area contributed by atoms with E-state index in [-0.39, 0.29) is 11.3 Å². The van der Waals surface area contributed by atoms with Crippen molar-refractivity contribution in [1.82, 2.24) is 0 Å². The lowest BCUT2D eigenvalue weighted by Crippen LogP contribution is -2.27. The van der Waals surface area contributed by atoms with E-state index in [0.717, 1.165) is 11.8 Å². The molecule has 2 aromatic carbocycles. The van der Waals surface area contributed by atoms with Crippen LogP contribution in [-0.4, -0.2) is 51.8 Å². The van der Waals surface area contributed by atoms with Crippen LogP contribution in [0.4, 0.5) is 5.69 Å². The van der Waals surface area contributed by atoms with Crippen LogP contribution in [0.25, 0.3) is 0 Å². The molecule has 8 nitrogen and oxygen atoms in total. The standard InChI is InChI=1S/C19H19NO7S/c1-26-14-4-5-15(17(21)10-14)19(23)27-11-18(22)13-3-6-16-12(9-13)7-8-20(16)28(2,24)25/h3-6,9-10,21H,7-8,11H2,1-2H3. The van der Waals surface area contributed by atoms with Gasteiger partial charge in [-0.1, -0.05) is 0 Å². The van der Waals surface area contributed by atoms with E-state index in [9.17, 15) is 23.1 Å². The smallest absolute Gasteiger partial charge is 0.342 e. The van der Waals surface area contributed by atoms with Crippen molar-refractivity contribution in [3.8, 4) is 11.5 Å². The third-order valence-electron chi connectivity index (χ3n) is 4.41. The minimum absolute atomic E-state index is 0.0775. The predicted octanol–water partition coefficient (Wildman–Crippen LogP) is 1.76. The Hall–Kier alpha value is -3.07. The number of phenols is 1. The van der Waals surface area contributed by atoms with Crippen LogP contribution in [0, 0.1) is 0 Å². The lowest BCUT2D eigenvalue weighted by molar-refractivity contribution is 0.0471. The number of sulfonamides is 1. The second kappa shape index (κ2) is 7.51. The number of phenolic OH excluding ortho intramolecular Hbond substituents is 1. The van der Waals surface area contributed by atoms with Crippen molar-refractivity contribution in [1.29, 1.82) is 0 Å². The van der Waals surface area contributed by atoms with Crippen LogP contribution in [0.5, 0.6) is 11.5 Å². The van der Waals surface area contributed by atoms with Crippen LogP contribution in [0.1, 0.15) is 26.3 Å². The molecule has 1 heterocycles. The highest BCUT2D eigenvalue weighted by molar-refractivity contribution is 7.92. The third kappa shape index (κ3) is 3.94. The zero-order valence-electron chi connectivity index (χ0n) is 15.3. The Morgan fingerprint density at radius 2 is 1.93 bits per heavy atom. The van der Waals surface area contributed by atoms with Crippen molar-refractivity contribution < 1.29 is 32.6 Å². The second-order valence-corrected chi connectivity index (χ2v) is 8.22. The molecule has 0 saturated carbocycles. The van der Waals surface area contributed by atoms with Crippen molar-refractivity contribution in [2.45, 2.75) is 6.42 Å². The molecule has 1 N–H and O–H groups in total. The van der Waals surface area contributed by atoms with E-state index in [1.54, 1.807) is 12.1 Å². The zero-order chi connectivity index (χ0) is 20.5. The summed E-state index contributed by atoms with van der Waals surface area (Å²) in [6.07, 6.45) is 1.64. The number of hydrogen-bond donors (Lipinski definition) is 1. The molecule has 148 valence electrons. The summed E-state index contributed by atoms with van der Waals surface area (Å²) in [6.45, 7) is -0.170.